The summed E-state index contributed by atoms with van der Waals surface area (Å²) in [6.07, 6.45) is 4.32. The maximum atomic E-state index is 12.8. The van der Waals surface area contributed by atoms with Crippen LogP contribution in [0, 0.1) is 0 Å². The van der Waals surface area contributed by atoms with E-state index in [1.54, 1.807) is 7.11 Å². The van der Waals surface area contributed by atoms with Gasteiger partial charge >= 0.3 is 6.03 Å². The minimum Gasteiger partial charge on any atom is -0.381 e. The Hall–Kier alpha value is -2.86. The molecule has 1 saturated carbocycles. The van der Waals surface area contributed by atoms with Crippen LogP contribution in [-0.2, 0) is 22.4 Å². The second-order valence-electron chi connectivity index (χ2n) is 7.78. The Morgan fingerprint density at radius 3 is 2.62 bits per heavy atom. The number of carbonyl (C=O) groups is 2. The van der Waals surface area contributed by atoms with Crippen molar-refractivity contribution in [2.75, 3.05) is 23.9 Å². The number of fused-ring (bicyclic) bond motifs is 1. The number of methoxy groups -OCH3 is 1. The number of nitrogens with zero attached hydrogens (tertiary/aromatic N) is 1. The third-order valence-corrected chi connectivity index (χ3v) is 5.74. The van der Waals surface area contributed by atoms with Crippen LogP contribution in [0.15, 0.2) is 48.5 Å². The lowest BCUT2D eigenvalue weighted by Crippen LogP contribution is -2.48. The van der Waals surface area contributed by atoms with Gasteiger partial charge < -0.3 is 20.3 Å². The maximum Gasteiger partial charge on any atom is 0.319 e. The fourth-order valence-electron chi connectivity index (χ4n) is 4.00. The first-order chi connectivity index (χ1) is 14.1. The first kappa shape index (κ1) is 19.5. The average Bonchev–Trinajstić information content (AvgIpc) is 2.71. The third-order valence-electron chi connectivity index (χ3n) is 5.74. The first-order valence-corrected chi connectivity index (χ1v) is 10.2. The molecule has 2 aromatic rings. The molecule has 0 radical (unpaired) electrons. The van der Waals surface area contributed by atoms with E-state index in [0.717, 1.165) is 43.5 Å². The van der Waals surface area contributed by atoms with Gasteiger partial charge in [-0.3, -0.25) is 4.79 Å². The number of rotatable bonds is 5. The van der Waals surface area contributed by atoms with Crippen LogP contribution >= 0.6 is 0 Å². The molecule has 2 N–H and O–H groups in total. The van der Waals surface area contributed by atoms with Gasteiger partial charge in [0.15, 0.2) is 0 Å². The summed E-state index contributed by atoms with van der Waals surface area (Å²) in [6, 6.07) is 15.6. The van der Waals surface area contributed by atoms with E-state index in [1.165, 1.54) is 5.56 Å². The van der Waals surface area contributed by atoms with Gasteiger partial charge in [0.05, 0.1) is 12.5 Å². The largest absolute Gasteiger partial charge is 0.381 e. The topological polar surface area (TPSA) is 70.7 Å². The van der Waals surface area contributed by atoms with Crippen LogP contribution in [0.3, 0.4) is 0 Å². The second-order valence-corrected chi connectivity index (χ2v) is 7.78. The van der Waals surface area contributed by atoms with Gasteiger partial charge in [-0.05, 0) is 55.0 Å². The van der Waals surface area contributed by atoms with Crippen molar-refractivity contribution in [3.63, 3.8) is 0 Å². The molecular formula is C23H27N3O3. The lowest BCUT2D eigenvalue weighted by molar-refractivity contribution is -0.118. The van der Waals surface area contributed by atoms with Gasteiger partial charge in [0, 0.05) is 31.1 Å². The Kier molecular flexibility index (Phi) is 5.81. The standard InChI is InChI=1S/C23H27N3O3/c1-29-20-14-19(15-20)25-23(28)24-18-10-8-16(9-11-18)13-22(27)26-12-4-6-17-5-2-3-7-21(17)26/h2-3,5,7-11,19-20H,4,6,12-15H2,1H3,(H2,24,25,28). The minimum absolute atomic E-state index is 0.105. The van der Waals surface area contributed by atoms with Gasteiger partial charge in [0.25, 0.3) is 0 Å². The van der Waals surface area contributed by atoms with Crippen LogP contribution in [0.1, 0.15) is 30.4 Å². The highest BCUT2D eigenvalue weighted by Gasteiger charge is 2.30. The first-order valence-electron chi connectivity index (χ1n) is 10.2. The Morgan fingerprint density at radius 2 is 1.86 bits per heavy atom. The molecule has 152 valence electrons. The second kappa shape index (κ2) is 8.66. The Bertz CT molecular complexity index is 875. The lowest BCUT2D eigenvalue weighted by atomic mass is 9.89. The minimum atomic E-state index is -0.210. The predicted molar refractivity (Wildman–Crippen MR) is 113 cm³/mol. The molecule has 1 aliphatic carbocycles. The highest BCUT2D eigenvalue weighted by Crippen LogP contribution is 2.27. The average molecular weight is 393 g/mol. The van der Waals surface area contributed by atoms with E-state index < -0.39 is 0 Å². The summed E-state index contributed by atoms with van der Waals surface area (Å²) in [5.74, 6) is 0.105. The van der Waals surface area contributed by atoms with E-state index in [9.17, 15) is 9.59 Å². The quantitative estimate of drug-likeness (QED) is 0.817. The van der Waals surface area contributed by atoms with Gasteiger partial charge in [-0.2, -0.15) is 0 Å². The molecule has 2 aliphatic rings. The number of ether oxygens (including phenoxy) is 1. The molecule has 0 saturated heterocycles. The molecule has 2 aromatic carbocycles. The molecule has 0 bridgehead atoms. The molecular weight excluding hydrogens is 366 g/mol. The zero-order chi connectivity index (χ0) is 20.2. The summed E-state index contributed by atoms with van der Waals surface area (Å²) in [5.41, 5.74) is 3.92. The summed E-state index contributed by atoms with van der Waals surface area (Å²) < 4.78 is 5.22. The van der Waals surface area contributed by atoms with E-state index in [1.807, 2.05) is 47.4 Å². The van der Waals surface area contributed by atoms with Crippen LogP contribution in [0.4, 0.5) is 16.2 Å². The van der Waals surface area contributed by atoms with Crippen LogP contribution in [-0.4, -0.2) is 37.7 Å². The fraction of sp³-hybridized carbons (Fsp3) is 0.391. The summed E-state index contributed by atoms with van der Waals surface area (Å²) in [6.45, 7) is 0.765. The van der Waals surface area contributed by atoms with Crippen molar-refractivity contribution in [2.45, 2.75) is 44.2 Å². The molecule has 4 rings (SSSR count). The van der Waals surface area contributed by atoms with Gasteiger partial charge in [0.1, 0.15) is 0 Å². The van der Waals surface area contributed by atoms with E-state index in [2.05, 4.69) is 16.7 Å². The van der Waals surface area contributed by atoms with Crippen molar-refractivity contribution >= 4 is 23.3 Å². The molecule has 29 heavy (non-hydrogen) atoms. The third kappa shape index (κ3) is 4.59. The number of benzene rings is 2. The number of carbonyl (C=O) groups excluding carboxylic acids is 2. The van der Waals surface area contributed by atoms with Gasteiger partial charge in [-0.15, -0.1) is 0 Å². The fourth-order valence-corrected chi connectivity index (χ4v) is 4.00. The normalized spacial score (nSPS) is 20.4. The van der Waals surface area contributed by atoms with Crippen LogP contribution in [0.5, 0.6) is 0 Å². The van der Waals surface area contributed by atoms with Crippen molar-refractivity contribution in [2.24, 2.45) is 0 Å². The molecule has 0 spiro atoms. The molecule has 1 aliphatic heterocycles. The van der Waals surface area contributed by atoms with E-state index in [-0.39, 0.29) is 24.1 Å². The number of urea groups is 1. The number of nitrogens with one attached hydrogen (secondary N) is 2. The summed E-state index contributed by atoms with van der Waals surface area (Å²) >= 11 is 0. The van der Waals surface area contributed by atoms with E-state index >= 15 is 0 Å². The van der Waals surface area contributed by atoms with Crippen molar-refractivity contribution in [3.05, 3.63) is 59.7 Å². The van der Waals surface area contributed by atoms with Gasteiger partial charge in [0.2, 0.25) is 5.91 Å². The van der Waals surface area contributed by atoms with E-state index in [0.29, 0.717) is 12.1 Å². The number of hydrogen-bond acceptors (Lipinski definition) is 3. The number of para-hydroxylation sites is 1. The van der Waals surface area contributed by atoms with Gasteiger partial charge in [-0.25, -0.2) is 4.79 Å². The number of hydrogen-bond donors (Lipinski definition) is 2. The molecule has 6 nitrogen and oxygen atoms in total. The summed E-state index contributed by atoms with van der Waals surface area (Å²) in [4.78, 5) is 26.8. The predicted octanol–water partition coefficient (Wildman–Crippen LogP) is 3.51. The van der Waals surface area contributed by atoms with Crippen molar-refractivity contribution in [3.8, 4) is 0 Å². The SMILES string of the molecule is COC1CC(NC(=O)Nc2ccc(CC(=O)N3CCCc4ccccc43)cc2)C1. The number of amides is 3. The molecule has 0 aromatic heterocycles. The molecule has 6 heteroatoms. The van der Waals surface area contributed by atoms with Crippen LogP contribution in [0.2, 0.25) is 0 Å². The van der Waals surface area contributed by atoms with Crippen molar-refractivity contribution in [1.29, 1.82) is 0 Å². The maximum absolute atomic E-state index is 12.8. The number of anilines is 2. The van der Waals surface area contributed by atoms with Gasteiger partial charge in [-0.1, -0.05) is 30.3 Å². The van der Waals surface area contributed by atoms with Crippen LogP contribution in [0.25, 0.3) is 0 Å². The Morgan fingerprint density at radius 1 is 1.10 bits per heavy atom. The van der Waals surface area contributed by atoms with Crippen LogP contribution < -0.4 is 15.5 Å². The molecule has 3 amide bonds. The number of aryl methyl sites for hydroxylation is 1. The van der Waals surface area contributed by atoms with E-state index in [4.69, 9.17) is 4.74 Å². The van der Waals surface area contributed by atoms with Crippen molar-refractivity contribution < 1.29 is 14.3 Å². The molecule has 1 heterocycles. The highest BCUT2D eigenvalue weighted by atomic mass is 16.5. The molecule has 0 unspecified atom stereocenters. The highest BCUT2D eigenvalue weighted by molar-refractivity contribution is 5.96. The molecule has 1 fully saturated rings. The zero-order valence-electron chi connectivity index (χ0n) is 16.7. The Balaban J connectivity index is 1.31. The zero-order valence-corrected chi connectivity index (χ0v) is 16.7. The van der Waals surface area contributed by atoms with Crippen molar-refractivity contribution in [1.82, 2.24) is 5.32 Å². The monoisotopic (exact) mass is 393 g/mol. The molecule has 0 atom stereocenters. The summed E-state index contributed by atoms with van der Waals surface area (Å²) in [5, 5.41) is 5.78. The Labute approximate surface area is 171 Å². The summed E-state index contributed by atoms with van der Waals surface area (Å²) in [7, 11) is 1.69. The lowest BCUT2D eigenvalue weighted by Gasteiger charge is -2.34. The smallest absolute Gasteiger partial charge is 0.319 e.